The quantitative estimate of drug-likeness (QED) is 0.681. The van der Waals surface area contributed by atoms with Crippen LogP contribution in [0.4, 0.5) is 0 Å². The van der Waals surface area contributed by atoms with E-state index in [0.29, 0.717) is 0 Å². The van der Waals surface area contributed by atoms with Gasteiger partial charge in [0.2, 0.25) is 0 Å². The van der Waals surface area contributed by atoms with Crippen LogP contribution in [0.15, 0.2) is 23.9 Å². The van der Waals surface area contributed by atoms with Crippen LogP contribution >= 0.6 is 0 Å². The zero-order valence-corrected chi connectivity index (χ0v) is 11.8. The van der Waals surface area contributed by atoms with E-state index in [1.165, 1.54) is 32.1 Å². The number of nitrogens with two attached hydrogens (primary N) is 1. The zero-order chi connectivity index (χ0) is 13.4. The van der Waals surface area contributed by atoms with E-state index < -0.39 is 0 Å². The molecule has 2 heteroatoms. The van der Waals surface area contributed by atoms with Crippen LogP contribution < -0.4 is 5.73 Å². The molecular formula is C16H26N2. The molecule has 0 saturated heterocycles. The van der Waals surface area contributed by atoms with Crippen molar-refractivity contribution in [2.45, 2.75) is 58.8 Å². The molecule has 0 amide bonds. The van der Waals surface area contributed by atoms with E-state index in [0.717, 1.165) is 18.5 Å². The van der Waals surface area contributed by atoms with Gasteiger partial charge in [-0.15, -0.1) is 0 Å². The van der Waals surface area contributed by atoms with Crippen molar-refractivity contribution in [1.82, 2.24) is 0 Å². The minimum Gasteiger partial charge on any atom is -0.399 e. The van der Waals surface area contributed by atoms with Crippen LogP contribution in [-0.4, -0.2) is 0 Å². The molecule has 0 spiro atoms. The van der Waals surface area contributed by atoms with Crippen molar-refractivity contribution in [3.8, 4) is 6.07 Å². The molecule has 2 unspecified atom stereocenters. The van der Waals surface area contributed by atoms with E-state index in [-0.39, 0.29) is 11.3 Å². The van der Waals surface area contributed by atoms with E-state index in [1.807, 2.05) is 12.2 Å². The molecule has 2 atom stereocenters. The average molecular weight is 246 g/mol. The number of unbranched alkanes of at least 4 members (excludes halogenated alkanes) is 4. The van der Waals surface area contributed by atoms with Gasteiger partial charge in [0, 0.05) is 11.1 Å². The first-order chi connectivity index (χ1) is 8.62. The van der Waals surface area contributed by atoms with Crippen molar-refractivity contribution in [3.63, 3.8) is 0 Å². The fourth-order valence-electron chi connectivity index (χ4n) is 2.51. The molecule has 0 radical (unpaired) electrons. The topological polar surface area (TPSA) is 49.8 Å². The molecule has 1 aliphatic carbocycles. The van der Waals surface area contributed by atoms with E-state index in [2.05, 4.69) is 26.0 Å². The van der Waals surface area contributed by atoms with Gasteiger partial charge in [-0.25, -0.2) is 0 Å². The van der Waals surface area contributed by atoms with E-state index in [9.17, 15) is 5.26 Å². The second-order valence-corrected chi connectivity index (χ2v) is 5.63. The molecule has 2 N–H and O–H groups in total. The molecule has 0 aromatic heterocycles. The van der Waals surface area contributed by atoms with Gasteiger partial charge in [0.15, 0.2) is 0 Å². The molecule has 0 saturated carbocycles. The van der Waals surface area contributed by atoms with Crippen LogP contribution in [-0.2, 0) is 0 Å². The van der Waals surface area contributed by atoms with Gasteiger partial charge in [0.05, 0.1) is 12.0 Å². The molecule has 2 nitrogen and oxygen atoms in total. The van der Waals surface area contributed by atoms with E-state index in [4.69, 9.17) is 5.73 Å². The van der Waals surface area contributed by atoms with Gasteiger partial charge in [0.25, 0.3) is 0 Å². The van der Waals surface area contributed by atoms with Gasteiger partial charge in [-0.2, -0.15) is 5.26 Å². The summed E-state index contributed by atoms with van der Waals surface area (Å²) in [7, 11) is 0. The first kappa shape index (κ1) is 14.8. The lowest BCUT2D eigenvalue weighted by molar-refractivity contribution is 0.291. The summed E-state index contributed by atoms with van der Waals surface area (Å²) in [6, 6.07) is 2.50. The predicted octanol–water partition coefficient (Wildman–Crippen LogP) is 4.30. The number of nitrogens with zero attached hydrogens (tertiary/aromatic N) is 1. The largest absolute Gasteiger partial charge is 0.399 e. The normalized spacial score (nSPS) is 24.4. The van der Waals surface area contributed by atoms with Crippen LogP contribution in [0.1, 0.15) is 58.8 Å². The van der Waals surface area contributed by atoms with Crippen molar-refractivity contribution in [1.29, 1.82) is 5.26 Å². The first-order valence-corrected chi connectivity index (χ1v) is 7.17. The van der Waals surface area contributed by atoms with Crippen molar-refractivity contribution >= 4 is 0 Å². The highest BCUT2D eigenvalue weighted by Crippen LogP contribution is 2.38. The lowest BCUT2D eigenvalue weighted by atomic mass is 9.71. The summed E-state index contributed by atoms with van der Waals surface area (Å²) in [5.41, 5.74) is 6.54. The highest BCUT2D eigenvalue weighted by molar-refractivity contribution is 5.25. The Balaban J connectivity index is 2.42. The van der Waals surface area contributed by atoms with Crippen LogP contribution in [0.5, 0.6) is 0 Å². The Hall–Kier alpha value is -1.23. The molecular weight excluding hydrogens is 220 g/mol. The summed E-state index contributed by atoms with van der Waals surface area (Å²) in [5, 5.41) is 9.38. The van der Waals surface area contributed by atoms with Gasteiger partial charge < -0.3 is 5.73 Å². The maximum absolute atomic E-state index is 9.38. The van der Waals surface area contributed by atoms with Crippen molar-refractivity contribution in [2.75, 3.05) is 0 Å². The summed E-state index contributed by atoms with van der Waals surface area (Å²) < 4.78 is 0. The van der Waals surface area contributed by atoms with Gasteiger partial charge >= 0.3 is 0 Å². The second kappa shape index (κ2) is 7.26. The van der Waals surface area contributed by atoms with Crippen molar-refractivity contribution < 1.29 is 0 Å². The first-order valence-electron chi connectivity index (χ1n) is 7.17. The number of hydrogen-bond donors (Lipinski definition) is 1. The number of allylic oxidation sites excluding steroid dienone is 3. The highest BCUT2D eigenvalue weighted by atomic mass is 14.6. The lowest BCUT2D eigenvalue weighted by Gasteiger charge is -2.32. The molecule has 1 aliphatic rings. The molecule has 0 aromatic carbocycles. The SMILES string of the molecule is CCCCCCCC(C#N)C1(C)C=CC(N)=CC1. The minimum absolute atomic E-state index is 0.0254. The van der Waals surface area contributed by atoms with Gasteiger partial charge in [-0.3, -0.25) is 0 Å². The second-order valence-electron chi connectivity index (χ2n) is 5.63. The molecule has 0 aromatic rings. The third-order valence-corrected chi connectivity index (χ3v) is 3.98. The molecule has 1 rings (SSSR count). The average Bonchev–Trinajstić information content (AvgIpc) is 2.37. The molecule has 100 valence electrons. The summed E-state index contributed by atoms with van der Waals surface area (Å²) in [6.45, 7) is 4.40. The fourth-order valence-corrected chi connectivity index (χ4v) is 2.51. The molecule has 0 aliphatic heterocycles. The fraction of sp³-hybridized carbons (Fsp3) is 0.688. The van der Waals surface area contributed by atoms with Crippen LogP contribution in [0, 0.1) is 22.7 Å². The number of rotatable bonds is 7. The van der Waals surface area contributed by atoms with Crippen molar-refractivity contribution in [3.05, 3.63) is 23.9 Å². The predicted molar refractivity (Wildman–Crippen MR) is 76.6 cm³/mol. The summed E-state index contributed by atoms with van der Waals surface area (Å²) in [5.74, 6) is 0.111. The lowest BCUT2D eigenvalue weighted by Crippen LogP contribution is -2.26. The van der Waals surface area contributed by atoms with E-state index >= 15 is 0 Å². The molecule has 18 heavy (non-hydrogen) atoms. The summed E-state index contributed by atoms with van der Waals surface area (Å²) >= 11 is 0. The molecule has 0 bridgehead atoms. The Morgan fingerprint density at radius 3 is 2.67 bits per heavy atom. The Morgan fingerprint density at radius 2 is 2.11 bits per heavy atom. The third-order valence-electron chi connectivity index (χ3n) is 3.98. The maximum Gasteiger partial charge on any atom is 0.0664 e. The smallest absolute Gasteiger partial charge is 0.0664 e. The summed E-state index contributed by atoms with van der Waals surface area (Å²) in [4.78, 5) is 0. The Labute approximate surface area is 112 Å². The van der Waals surface area contributed by atoms with Gasteiger partial charge in [-0.1, -0.05) is 58.1 Å². The van der Waals surface area contributed by atoms with E-state index in [1.54, 1.807) is 0 Å². The standard InChI is InChI=1S/C16H26N2/c1-3-4-5-6-7-8-14(13-17)16(2)11-9-15(18)10-12-16/h9-11,14H,3-8,12,18H2,1-2H3. The third kappa shape index (κ3) is 4.22. The molecule has 0 heterocycles. The minimum atomic E-state index is -0.0254. The maximum atomic E-state index is 9.38. The Morgan fingerprint density at radius 1 is 1.39 bits per heavy atom. The zero-order valence-electron chi connectivity index (χ0n) is 11.8. The van der Waals surface area contributed by atoms with Crippen LogP contribution in [0.3, 0.4) is 0 Å². The Bertz CT molecular complexity index is 349. The van der Waals surface area contributed by atoms with Gasteiger partial charge in [0.1, 0.15) is 0 Å². The number of hydrogen-bond acceptors (Lipinski definition) is 2. The number of nitriles is 1. The highest BCUT2D eigenvalue weighted by Gasteiger charge is 2.31. The molecule has 0 fully saturated rings. The Kier molecular flexibility index (Phi) is 5.98. The van der Waals surface area contributed by atoms with Crippen molar-refractivity contribution in [2.24, 2.45) is 17.1 Å². The summed E-state index contributed by atoms with van der Waals surface area (Å²) in [6.07, 6.45) is 14.3. The van der Waals surface area contributed by atoms with Crippen LogP contribution in [0.25, 0.3) is 0 Å². The van der Waals surface area contributed by atoms with Gasteiger partial charge in [-0.05, 0) is 18.9 Å². The monoisotopic (exact) mass is 246 g/mol. The van der Waals surface area contributed by atoms with Crippen LogP contribution in [0.2, 0.25) is 0 Å².